The number of ketones is 1. The van der Waals surface area contributed by atoms with Crippen molar-refractivity contribution in [3.63, 3.8) is 0 Å². The normalized spacial score (nSPS) is 50.4. The van der Waals surface area contributed by atoms with Crippen LogP contribution in [-0.4, -0.2) is 41.9 Å². The molecule has 5 nitrogen and oxygen atoms in total. The quantitative estimate of drug-likeness (QED) is 0.624. The number of carbonyl (C=O) groups excluding carboxylic acids is 1. The third kappa shape index (κ3) is 3.58. The molecule has 176 valence electrons. The van der Waals surface area contributed by atoms with Crippen LogP contribution in [-0.2, 0) is 9.63 Å². The molecule has 1 saturated heterocycles. The Bertz CT molecular complexity index is 724. The fourth-order valence-electron chi connectivity index (χ4n) is 8.65. The summed E-state index contributed by atoms with van der Waals surface area (Å²) in [7, 11) is 0. The van der Waals surface area contributed by atoms with E-state index in [9.17, 15) is 9.90 Å². The van der Waals surface area contributed by atoms with Gasteiger partial charge in [-0.15, -0.1) is 12.4 Å². The van der Waals surface area contributed by atoms with Gasteiger partial charge in [0.05, 0.1) is 11.8 Å². The van der Waals surface area contributed by atoms with E-state index in [0.29, 0.717) is 29.5 Å². The Labute approximate surface area is 193 Å². The van der Waals surface area contributed by atoms with E-state index < -0.39 is 0 Å². The van der Waals surface area contributed by atoms with E-state index in [4.69, 9.17) is 4.84 Å². The first-order valence-electron chi connectivity index (χ1n) is 12.5. The first kappa shape index (κ1) is 23.5. The first-order valence-corrected chi connectivity index (χ1v) is 12.5. The van der Waals surface area contributed by atoms with Crippen LogP contribution in [0.3, 0.4) is 0 Å². The zero-order valence-electron chi connectivity index (χ0n) is 19.4. The van der Waals surface area contributed by atoms with Crippen LogP contribution in [0, 0.1) is 40.4 Å². The number of fused-ring (bicyclic) bond motifs is 5. The van der Waals surface area contributed by atoms with Gasteiger partial charge in [0.1, 0.15) is 11.9 Å². The van der Waals surface area contributed by atoms with Gasteiger partial charge in [0.15, 0.2) is 0 Å². The molecule has 0 radical (unpaired) electrons. The van der Waals surface area contributed by atoms with Crippen molar-refractivity contribution in [1.82, 2.24) is 5.32 Å². The molecule has 4 saturated carbocycles. The molecule has 6 heteroatoms. The predicted octanol–water partition coefficient (Wildman–Crippen LogP) is 4.36. The highest BCUT2D eigenvalue weighted by molar-refractivity contribution is 5.88. The molecular formula is C25H41ClN2O3. The summed E-state index contributed by atoms with van der Waals surface area (Å²) in [5.41, 5.74) is 1.20. The molecular weight excluding hydrogens is 412 g/mol. The van der Waals surface area contributed by atoms with E-state index in [0.717, 1.165) is 70.9 Å². The number of aliphatic hydroxyl groups excluding tert-OH is 1. The van der Waals surface area contributed by atoms with Crippen molar-refractivity contribution in [1.29, 1.82) is 0 Å². The maximum Gasteiger partial charge on any atom is 0.141 e. The summed E-state index contributed by atoms with van der Waals surface area (Å²) in [4.78, 5) is 18.6. The number of nitrogens with zero attached hydrogens (tertiary/aromatic N) is 1. The smallest absolute Gasteiger partial charge is 0.141 e. The minimum absolute atomic E-state index is 0. The van der Waals surface area contributed by atoms with Crippen molar-refractivity contribution in [3.05, 3.63) is 0 Å². The van der Waals surface area contributed by atoms with E-state index in [1.54, 1.807) is 0 Å². The number of nitrogens with one attached hydrogen (secondary N) is 1. The number of hydrogen-bond donors (Lipinski definition) is 2. The molecule has 0 bridgehead atoms. The van der Waals surface area contributed by atoms with Gasteiger partial charge in [-0.25, -0.2) is 0 Å². The highest BCUT2D eigenvalue weighted by atomic mass is 35.5. The molecule has 0 spiro atoms. The molecule has 4 aliphatic carbocycles. The van der Waals surface area contributed by atoms with Crippen molar-refractivity contribution < 1.29 is 14.7 Å². The largest absolute Gasteiger partial charge is 0.393 e. The summed E-state index contributed by atoms with van der Waals surface area (Å²) >= 11 is 0. The second-order valence-electron chi connectivity index (χ2n) is 11.4. The third-order valence-electron chi connectivity index (χ3n) is 10.2. The molecule has 9 atom stereocenters. The maximum absolute atomic E-state index is 12.7. The maximum atomic E-state index is 12.7. The molecule has 5 rings (SSSR count). The third-order valence-corrected chi connectivity index (χ3v) is 10.2. The average Bonchev–Trinajstić information content (AvgIpc) is 3.34. The van der Waals surface area contributed by atoms with Crippen LogP contribution in [0.1, 0.15) is 78.6 Å². The Hall–Kier alpha value is -0.650. The molecule has 5 aliphatic rings. The van der Waals surface area contributed by atoms with Crippen molar-refractivity contribution in [2.45, 2.75) is 90.8 Å². The lowest BCUT2D eigenvalue weighted by atomic mass is 9.43. The lowest BCUT2D eigenvalue weighted by molar-refractivity contribution is -0.161. The lowest BCUT2D eigenvalue weighted by Crippen LogP contribution is -2.60. The van der Waals surface area contributed by atoms with E-state index in [1.807, 2.05) is 0 Å². The topological polar surface area (TPSA) is 70.9 Å². The summed E-state index contributed by atoms with van der Waals surface area (Å²) in [6.07, 6.45) is 8.88. The summed E-state index contributed by atoms with van der Waals surface area (Å²) in [6, 6.07) is 0. The number of Topliss-reactive ketones (excluding diaryl/α,β-unsaturated/α-hetero) is 1. The standard InChI is InChI=1S/C25H40N2O3.ClH/c1-4-16-20(27-30-15-9-12-26-14-15)8-11-25(3)19-7-10-24(2)18(5-6-22(24)29)17(19)13-21(28)23(16)25;/h15-19,21,23,26,28H,4-14H2,1-3H3;1H/b27-20+;/t15-,16?,17+,18+,19-,21?,23?,24+,25-;/m1./s1. The second kappa shape index (κ2) is 8.61. The van der Waals surface area contributed by atoms with Crippen molar-refractivity contribution >= 4 is 23.9 Å². The van der Waals surface area contributed by atoms with Gasteiger partial charge in [0.25, 0.3) is 0 Å². The Morgan fingerprint density at radius 3 is 2.68 bits per heavy atom. The number of halogens is 1. The number of carbonyl (C=O) groups is 1. The summed E-state index contributed by atoms with van der Waals surface area (Å²) in [5.74, 6) is 2.67. The Morgan fingerprint density at radius 2 is 1.97 bits per heavy atom. The minimum Gasteiger partial charge on any atom is -0.393 e. The van der Waals surface area contributed by atoms with Crippen LogP contribution in [0.25, 0.3) is 0 Å². The molecule has 2 N–H and O–H groups in total. The Balaban J connectivity index is 0.00000231. The van der Waals surface area contributed by atoms with Crippen molar-refractivity contribution in [2.75, 3.05) is 13.1 Å². The van der Waals surface area contributed by atoms with E-state index >= 15 is 0 Å². The highest BCUT2D eigenvalue weighted by Gasteiger charge is 2.63. The van der Waals surface area contributed by atoms with Gasteiger partial charge in [-0.1, -0.05) is 25.9 Å². The number of hydrogen-bond acceptors (Lipinski definition) is 5. The molecule has 31 heavy (non-hydrogen) atoms. The highest BCUT2D eigenvalue weighted by Crippen LogP contribution is 2.66. The summed E-state index contributed by atoms with van der Waals surface area (Å²) in [6.45, 7) is 8.82. The van der Waals surface area contributed by atoms with Gasteiger partial charge >= 0.3 is 0 Å². The van der Waals surface area contributed by atoms with E-state index in [1.165, 1.54) is 5.71 Å². The van der Waals surface area contributed by atoms with E-state index in [2.05, 4.69) is 31.2 Å². The van der Waals surface area contributed by atoms with Crippen molar-refractivity contribution in [2.24, 2.45) is 45.6 Å². The van der Waals surface area contributed by atoms with Crippen molar-refractivity contribution in [3.8, 4) is 0 Å². The lowest BCUT2D eigenvalue weighted by Gasteiger charge is -2.62. The molecule has 1 aliphatic heterocycles. The van der Waals surface area contributed by atoms with Gasteiger partial charge < -0.3 is 15.3 Å². The Kier molecular flexibility index (Phi) is 6.53. The molecule has 5 fully saturated rings. The van der Waals surface area contributed by atoms with Crippen LogP contribution in [0.15, 0.2) is 5.16 Å². The van der Waals surface area contributed by atoms with Gasteiger partial charge in [-0.3, -0.25) is 4.79 Å². The van der Waals surface area contributed by atoms with Crippen LogP contribution < -0.4 is 5.32 Å². The summed E-state index contributed by atoms with van der Waals surface area (Å²) < 4.78 is 0. The minimum atomic E-state index is -0.294. The van der Waals surface area contributed by atoms with Crippen LogP contribution in [0.2, 0.25) is 0 Å². The zero-order valence-corrected chi connectivity index (χ0v) is 20.3. The fraction of sp³-hybridized carbons (Fsp3) is 0.920. The Morgan fingerprint density at radius 1 is 1.16 bits per heavy atom. The first-order chi connectivity index (χ1) is 14.4. The van der Waals surface area contributed by atoms with Gasteiger partial charge in [0, 0.05) is 30.7 Å². The average molecular weight is 453 g/mol. The van der Waals surface area contributed by atoms with Gasteiger partial charge in [-0.2, -0.15) is 0 Å². The van der Waals surface area contributed by atoms with Crippen LogP contribution >= 0.6 is 12.4 Å². The zero-order chi connectivity index (χ0) is 21.1. The molecule has 0 amide bonds. The SMILES string of the molecule is CCC1/C(=N/O[C@@H]2CCNC2)CC[C@@]2(C)C1C(O)C[C@@H]1[C@H]2CC[C@]2(C)C(=O)CC[C@@H]12.Cl. The van der Waals surface area contributed by atoms with Gasteiger partial charge in [-0.05, 0) is 80.6 Å². The summed E-state index contributed by atoms with van der Waals surface area (Å²) in [5, 5.41) is 19.5. The van der Waals surface area contributed by atoms with E-state index in [-0.39, 0.29) is 41.4 Å². The van der Waals surface area contributed by atoms with Crippen LogP contribution in [0.4, 0.5) is 0 Å². The van der Waals surface area contributed by atoms with Gasteiger partial charge in [0.2, 0.25) is 0 Å². The molecule has 0 aromatic rings. The fourth-order valence-corrected chi connectivity index (χ4v) is 8.65. The molecule has 1 heterocycles. The molecule has 0 aromatic carbocycles. The monoisotopic (exact) mass is 452 g/mol. The number of oxime groups is 1. The second-order valence-corrected chi connectivity index (χ2v) is 11.4. The molecule has 3 unspecified atom stereocenters. The predicted molar refractivity (Wildman–Crippen MR) is 124 cm³/mol. The molecule has 0 aromatic heterocycles. The number of aliphatic hydroxyl groups is 1. The van der Waals surface area contributed by atoms with Crippen LogP contribution in [0.5, 0.6) is 0 Å². The number of rotatable bonds is 3.